The van der Waals surface area contributed by atoms with E-state index in [0.29, 0.717) is 6.04 Å². The van der Waals surface area contributed by atoms with Crippen molar-refractivity contribution in [2.75, 3.05) is 18.5 Å². The fraction of sp³-hybridized carbons (Fsp3) is 0.625. The van der Waals surface area contributed by atoms with Crippen LogP contribution in [0.15, 0.2) is 22.7 Å². The maximum Gasteiger partial charge on any atom is 0.0423 e. The summed E-state index contributed by atoms with van der Waals surface area (Å²) in [7, 11) is 2.21. The number of nitrogens with one attached hydrogen (secondary N) is 1. The zero-order valence-corrected chi connectivity index (χ0v) is 14.3. The lowest BCUT2D eigenvalue weighted by Crippen LogP contribution is -2.31. The Labute approximate surface area is 126 Å². The van der Waals surface area contributed by atoms with Gasteiger partial charge >= 0.3 is 0 Å². The Bertz CT molecular complexity index is 375. The third-order valence-corrected chi connectivity index (χ3v) is 4.15. The predicted octanol–water partition coefficient (Wildman–Crippen LogP) is 4.57. The van der Waals surface area contributed by atoms with E-state index in [4.69, 9.17) is 0 Å². The van der Waals surface area contributed by atoms with E-state index in [0.717, 1.165) is 17.6 Å². The minimum absolute atomic E-state index is 0.610. The highest BCUT2D eigenvalue weighted by atomic mass is 79.9. The van der Waals surface area contributed by atoms with Gasteiger partial charge in [0.2, 0.25) is 0 Å². The summed E-state index contributed by atoms with van der Waals surface area (Å²) in [5.74, 6) is 0. The van der Waals surface area contributed by atoms with Crippen molar-refractivity contribution in [3.8, 4) is 0 Å². The van der Waals surface area contributed by atoms with Crippen LogP contribution in [0.25, 0.3) is 0 Å². The predicted molar refractivity (Wildman–Crippen MR) is 88.9 cm³/mol. The SMILES string of the molecule is CCCNCc1ccc(Br)cc1N(C)C(CC)CC. The lowest BCUT2D eigenvalue weighted by molar-refractivity contribution is 0.587. The molecule has 0 aliphatic rings. The number of hydrogen-bond donors (Lipinski definition) is 1. The molecule has 0 heterocycles. The summed E-state index contributed by atoms with van der Waals surface area (Å²) in [6.45, 7) is 8.74. The summed E-state index contributed by atoms with van der Waals surface area (Å²) in [5, 5.41) is 3.50. The molecular formula is C16H27BrN2. The van der Waals surface area contributed by atoms with E-state index in [2.05, 4.69) is 72.2 Å². The van der Waals surface area contributed by atoms with Gasteiger partial charge in [-0.1, -0.05) is 42.8 Å². The maximum absolute atomic E-state index is 3.59. The molecule has 2 nitrogen and oxygen atoms in total. The molecule has 1 rings (SSSR count). The molecule has 0 saturated heterocycles. The zero-order chi connectivity index (χ0) is 14.3. The van der Waals surface area contributed by atoms with Crippen LogP contribution in [0.5, 0.6) is 0 Å². The number of halogens is 1. The van der Waals surface area contributed by atoms with E-state index in [1.54, 1.807) is 0 Å². The molecule has 1 aromatic carbocycles. The largest absolute Gasteiger partial charge is 0.371 e. The van der Waals surface area contributed by atoms with Gasteiger partial charge in [-0.05, 0) is 43.5 Å². The van der Waals surface area contributed by atoms with Crippen molar-refractivity contribution in [3.05, 3.63) is 28.2 Å². The number of hydrogen-bond acceptors (Lipinski definition) is 2. The van der Waals surface area contributed by atoms with E-state index < -0.39 is 0 Å². The molecule has 3 heteroatoms. The quantitative estimate of drug-likeness (QED) is 0.704. The van der Waals surface area contributed by atoms with Gasteiger partial charge in [0.1, 0.15) is 0 Å². The molecule has 0 aliphatic heterocycles. The topological polar surface area (TPSA) is 15.3 Å². The molecular weight excluding hydrogens is 300 g/mol. The molecule has 0 unspecified atom stereocenters. The maximum atomic E-state index is 3.59. The first-order valence-electron chi connectivity index (χ1n) is 7.35. The van der Waals surface area contributed by atoms with Crippen LogP contribution in [0, 0.1) is 0 Å². The van der Waals surface area contributed by atoms with Gasteiger partial charge in [0.15, 0.2) is 0 Å². The molecule has 0 amide bonds. The monoisotopic (exact) mass is 326 g/mol. The standard InChI is InChI=1S/C16H27BrN2/c1-5-10-18-12-13-8-9-14(17)11-16(13)19(4)15(6-2)7-3/h8-9,11,15,18H,5-7,10,12H2,1-4H3. The first-order valence-corrected chi connectivity index (χ1v) is 8.15. The van der Waals surface area contributed by atoms with Crippen LogP contribution < -0.4 is 10.2 Å². The average molecular weight is 327 g/mol. The van der Waals surface area contributed by atoms with Crippen molar-refractivity contribution in [1.29, 1.82) is 0 Å². The van der Waals surface area contributed by atoms with Crippen molar-refractivity contribution in [3.63, 3.8) is 0 Å². The van der Waals surface area contributed by atoms with Crippen LogP contribution in [0.3, 0.4) is 0 Å². The third-order valence-electron chi connectivity index (χ3n) is 3.66. The lowest BCUT2D eigenvalue weighted by Gasteiger charge is -2.30. The Kier molecular flexibility index (Phi) is 7.47. The molecule has 0 aromatic heterocycles. The summed E-state index contributed by atoms with van der Waals surface area (Å²) < 4.78 is 1.15. The molecule has 108 valence electrons. The second kappa shape index (κ2) is 8.60. The fourth-order valence-electron chi connectivity index (χ4n) is 2.45. The van der Waals surface area contributed by atoms with Crippen molar-refractivity contribution < 1.29 is 0 Å². The number of nitrogens with zero attached hydrogens (tertiary/aromatic N) is 1. The Morgan fingerprint density at radius 2 is 1.89 bits per heavy atom. The van der Waals surface area contributed by atoms with Gasteiger partial charge in [-0.2, -0.15) is 0 Å². The van der Waals surface area contributed by atoms with Crippen molar-refractivity contribution in [2.24, 2.45) is 0 Å². The van der Waals surface area contributed by atoms with E-state index in [-0.39, 0.29) is 0 Å². The molecule has 0 bridgehead atoms. The number of benzene rings is 1. The van der Waals surface area contributed by atoms with E-state index in [9.17, 15) is 0 Å². The smallest absolute Gasteiger partial charge is 0.0423 e. The summed E-state index contributed by atoms with van der Waals surface area (Å²) in [6, 6.07) is 7.20. The molecule has 1 N–H and O–H groups in total. The first-order chi connectivity index (χ1) is 9.13. The van der Waals surface area contributed by atoms with Gasteiger partial charge in [0.25, 0.3) is 0 Å². The summed E-state index contributed by atoms with van der Waals surface area (Å²) in [6.07, 6.45) is 3.54. The fourth-order valence-corrected chi connectivity index (χ4v) is 2.80. The highest BCUT2D eigenvalue weighted by molar-refractivity contribution is 9.10. The number of rotatable bonds is 8. The van der Waals surface area contributed by atoms with Gasteiger partial charge < -0.3 is 10.2 Å². The van der Waals surface area contributed by atoms with Gasteiger partial charge in [0.05, 0.1) is 0 Å². The van der Waals surface area contributed by atoms with Crippen LogP contribution in [0.2, 0.25) is 0 Å². The summed E-state index contributed by atoms with van der Waals surface area (Å²) in [4.78, 5) is 2.42. The van der Waals surface area contributed by atoms with Crippen LogP contribution in [-0.4, -0.2) is 19.6 Å². The Morgan fingerprint density at radius 3 is 2.47 bits per heavy atom. The van der Waals surface area contributed by atoms with E-state index in [1.807, 2.05) is 0 Å². The van der Waals surface area contributed by atoms with Crippen LogP contribution >= 0.6 is 15.9 Å². The van der Waals surface area contributed by atoms with E-state index in [1.165, 1.54) is 30.5 Å². The molecule has 19 heavy (non-hydrogen) atoms. The average Bonchev–Trinajstić information content (AvgIpc) is 2.41. The lowest BCUT2D eigenvalue weighted by atomic mass is 10.1. The molecule has 0 saturated carbocycles. The molecule has 1 aromatic rings. The third kappa shape index (κ3) is 4.81. The second-order valence-electron chi connectivity index (χ2n) is 5.03. The minimum atomic E-state index is 0.610. The van der Waals surface area contributed by atoms with Crippen molar-refractivity contribution >= 4 is 21.6 Å². The van der Waals surface area contributed by atoms with Crippen LogP contribution in [0.1, 0.15) is 45.6 Å². The van der Waals surface area contributed by atoms with Gasteiger partial charge in [0, 0.05) is 29.8 Å². The van der Waals surface area contributed by atoms with Crippen molar-refractivity contribution in [2.45, 2.75) is 52.6 Å². The minimum Gasteiger partial charge on any atom is -0.371 e. The summed E-state index contributed by atoms with van der Waals surface area (Å²) >= 11 is 3.59. The zero-order valence-electron chi connectivity index (χ0n) is 12.7. The Hall–Kier alpha value is -0.540. The first kappa shape index (κ1) is 16.5. The Morgan fingerprint density at radius 1 is 1.21 bits per heavy atom. The second-order valence-corrected chi connectivity index (χ2v) is 5.95. The van der Waals surface area contributed by atoms with Crippen LogP contribution in [-0.2, 0) is 6.54 Å². The molecule has 0 atom stereocenters. The van der Waals surface area contributed by atoms with E-state index >= 15 is 0 Å². The van der Waals surface area contributed by atoms with Gasteiger partial charge in [-0.3, -0.25) is 0 Å². The van der Waals surface area contributed by atoms with Crippen LogP contribution in [0.4, 0.5) is 5.69 Å². The highest BCUT2D eigenvalue weighted by Crippen LogP contribution is 2.27. The van der Waals surface area contributed by atoms with Gasteiger partial charge in [-0.15, -0.1) is 0 Å². The molecule has 0 fully saturated rings. The number of anilines is 1. The summed E-state index contributed by atoms with van der Waals surface area (Å²) in [5.41, 5.74) is 2.72. The normalized spacial score (nSPS) is 11.1. The van der Waals surface area contributed by atoms with Gasteiger partial charge in [-0.25, -0.2) is 0 Å². The Balaban J connectivity index is 2.92. The van der Waals surface area contributed by atoms with Crippen molar-refractivity contribution in [1.82, 2.24) is 5.32 Å². The highest BCUT2D eigenvalue weighted by Gasteiger charge is 2.14. The molecule has 0 radical (unpaired) electrons. The molecule has 0 aliphatic carbocycles. The molecule has 0 spiro atoms.